The number of para-hydroxylation sites is 1. The Hall–Kier alpha value is -1.27. The lowest BCUT2D eigenvalue weighted by Gasteiger charge is -2.33. The fourth-order valence-corrected chi connectivity index (χ4v) is 4.75. The Morgan fingerprint density at radius 1 is 1.43 bits per heavy atom. The average Bonchev–Trinajstić information content (AvgIpc) is 2.85. The van der Waals surface area contributed by atoms with Crippen LogP contribution in [0.1, 0.15) is 19.3 Å². The second kappa shape index (κ2) is 5.85. The third-order valence-corrected chi connectivity index (χ3v) is 5.89. The Bertz CT molecular complexity index is 646. The highest BCUT2D eigenvalue weighted by Gasteiger charge is 2.54. The van der Waals surface area contributed by atoms with E-state index in [2.05, 4.69) is 5.32 Å². The standard InChI is InChI=1S/C14H18ClNO4S/c1-20-13(17)14(9-5-8-12(14)21(2,18)19)16-11-7-4-3-6-10(11)15/h3-4,6-7,12,16H,5,8-9H2,1-2H3. The molecule has 7 heteroatoms. The summed E-state index contributed by atoms with van der Waals surface area (Å²) in [6.45, 7) is 0. The summed E-state index contributed by atoms with van der Waals surface area (Å²) in [4.78, 5) is 12.3. The van der Waals surface area contributed by atoms with Crippen LogP contribution in [0.15, 0.2) is 24.3 Å². The maximum absolute atomic E-state index is 12.3. The van der Waals surface area contributed by atoms with E-state index in [-0.39, 0.29) is 0 Å². The molecule has 0 heterocycles. The molecule has 1 fully saturated rings. The van der Waals surface area contributed by atoms with Crippen molar-refractivity contribution in [3.05, 3.63) is 29.3 Å². The minimum absolute atomic E-state index is 0.392. The first kappa shape index (κ1) is 16.1. The van der Waals surface area contributed by atoms with Crippen molar-refractivity contribution in [1.82, 2.24) is 0 Å². The van der Waals surface area contributed by atoms with Crippen LogP contribution in [0.25, 0.3) is 0 Å². The predicted octanol–water partition coefficient (Wildman–Crippen LogP) is 2.26. The quantitative estimate of drug-likeness (QED) is 0.857. The van der Waals surface area contributed by atoms with Crippen LogP contribution in [0, 0.1) is 0 Å². The monoisotopic (exact) mass is 331 g/mol. The SMILES string of the molecule is COC(=O)C1(Nc2ccccc2Cl)CCCC1S(C)(=O)=O. The number of rotatable bonds is 4. The van der Waals surface area contributed by atoms with E-state index in [0.717, 1.165) is 6.26 Å². The highest BCUT2D eigenvalue weighted by atomic mass is 35.5. The predicted molar refractivity (Wildman–Crippen MR) is 82.3 cm³/mol. The van der Waals surface area contributed by atoms with E-state index < -0.39 is 26.6 Å². The molecule has 0 saturated heterocycles. The number of sulfone groups is 1. The van der Waals surface area contributed by atoms with Crippen LogP contribution >= 0.6 is 11.6 Å². The number of methoxy groups -OCH3 is 1. The van der Waals surface area contributed by atoms with Crippen LogP contribution in [0.3, 0.4) is 0 Å². The third-order valence-electron chi connectivity index (χ3n) is 3.89. The van der Waals surface area contributed by atoms with Gasteiger partial charge in [-0.15, -0.1) is 0 Å². The first-order valence-corrected chi connectivity index (χ1v) is 8.94. The van der Waals surface area contributed by atoms with Crippen LogP contribution in [-0.4, -0.2) is 38.5 Å². The molecule has 0 radical (unpaired) electrons. The molecule has 0 bridgehead atoms. The number of ether oxygens (including phenoxy) is 1. The molecule has 1 saturated carbocycles. The van der Waals surface area contributed by atoms with Gasteiger partial charge in [0.1, 0.15) is 0 Å². The molecule has 116 valence electrons. The van der Waals surface area contributed by atoms with E-state index in [1.807, 2.05) is 0 Å². The molecule has 1 aromatic carbocycles. The summed E-state index contributed by atoms with van der Waals surface area (Å²) < 4.78 is 29.0. The lowest BCUT2D eigenvalue weighted by Crippen LogP contribution is -2.55. The molecule has 0 spiro atoms. The lowest BCUT2D eigenvalue weighted by atomic mass is 9.96. The normalized spacial score (nSPS) is 25.6. The van der Waals surface area contributed by atoms with Crippen molar-refractivity contribution in [3.63, 3.8) is 0 Å². The molecule has 0 aromatic heterocycles. The Morgan fingerprint density at radius 3 is 2.67 bits per heavy atom. The molecular formula is C14H18ClNO4S. The van der Waals surface area contributed by atoms with Gasteiger partial charge in [-0.1, -0.05) is 23.7 Å². The van der Waals surface area contributed by atoms with Crippen molar-refractivity contribution in [3.8, 4) is 0 Å². The van der Waals surface area contributed by atoms with Gasteiger partial charge in [-0.3, -0.25) is 0 Å². The molecule has 0 amide bonds. The van der Waals surface area contributed by atoms with Crippen molar-refractivity contribution < 1.29 is 17.9 Å². The van der Waals surface area contributed by atoms with Gasteiger partial charge in [0.05, 0.1) is 23.1 Å². The van der Waals surface area contributed by atoms with E-state index in [9.17, 15) is 13.2 Å². The molecule has 0 aliphatic heterocycles. The Morgan fingerprint density at radius 2 is 2.10 bits per heavy atom. The van der Waals surface area contributed by atoms with Crippen LogP contribution in [0.4, 0.5) is 5.69 Å². The van der Waals surface area contributed by atoms with Gasteiger partial charge in [-0.2, -0.15) is 0 Å². The zero-order valence-corrected chi connectivity index (χ0v) is 13.5. The summed E-state index contributed by atoms with van der Waals surface area (Å²) in [6.07, 6.45) is 2.59. The van der Waals surface area contributed by atoms with E-state index in [4.69, 9.17) is 16.3 Å². The highest BCUT2D eigenvalue weighted by Crippen LogP contribution is 2.39. The van der Waals surface area contributed by atoms with Gasteiger partial charge in [0.15, 0.2) is 15.4 Å². The number of halogens is 1. The molecule has 1 aromatic rings. The second-order valence-corrected chi connectivity index (χ2v) is 7.91. The smallest absolute Gasteiger partial charge is 0.332 e. The molecule has 2 rings (SSSR count). The van der Waals surface area contributed by atoms with Gasteiger partial charge in [-0.05, 0) is 31.4 Å². The number of carbonyl (C=O) groups excluding carboxylic acids is 1. The number of nitrogens with one attached hydrogen (secondary N) is 1. The van der Waals surface area contributed by atoms with Crippen LogP contribution < -0.4 is 5.32 Å². The molecule has 2 atom stereocenters. The van der Waals surface area contributed by atoms with Crippen molar-refractivity contribution in [2.75, 3.05) is 18.7 Å². The van der Waals surface area contributed by atoms with Crippen molar-refractivity contribution >= 4 is 33.1 Å². The summed E-state index contributed by atoms with van der Waals surface area (Å²) in [7, 11) is -2.14. The Kier molecular flexibility index (Phi) is 4.49. The number of hydrogen-bond acceptors (Lipinski definition) is 5. The summed E-state index contributed by atoms with van der Waals surface area (Å²) in [6, 6.07) is 6.93. The summed E-state index contributed by atoms with van der Waals surface area (Å²) in [5.41, 5.74) is -0.757. The van der Waals surface area contributed by atoms with Crippen LogP contribution in [-0.2, 0) is 19.4 Å². The number of anilines is 1. The largest absolute Gasteiger partial charge is 0.467 e. The highest BCUT2D eigenvalue weighted by molar-refractivity contribution is 7.91. The number of hydrogen-bond donors (Lipinski definition) is 1. The second-order valence-electron chi connectivity index (χ2n) is 5.28. The van der Waals surface area contributed by atoms with Gasteiger partial charge in [0, 0.05) is 6.26 Å². The van der Waals surface area contributed by atoms with Gasteiger partial charge in [0.2, 0.25) is 0 Å². The number of carbonyl (C=O) groups is 1. The average molecular weight is 332 g/mol. The van der Waals surface area contributed by atoms with E-state index in [1.165, 1.54) is 7.11 Å². The molecule has 2 unspecified atom stereocenters. The molecular weight excluding hydrogens is 314 g/mol. The Balaban J connectivity index is 2.48. The van der Waals surface area contributed by atoms with Gasteiger partial charge in [0.25, 0.3) is 0 Å². The van der Waals surface area contributed by atoms with E-state index >= 15 is 0 Å². The van der Waals surface area contributed by atoms with E-state index in [0.29, 0.717) is 30.0 Å². The van der Waals surface area contributed by atoms with Crippen LogP contribution in [0.2, 0.25) is 5.02 Å². The first-order valence-electron chi connectivity index (χ1n) is 6.61. The minimum Gasteiger partial charge on any atom is -0.467 e. The third kappa shape index (κ3) is 3.01. The van der Waals surface area contributed by atoms with Crippen LogP contribution in [0.5, 0.6) is 0 Å². The topological polar surface area (TPSA) is 72.5 Å². The molecule has 21 heavy (non-hydrogen) atoms. The zero-order chi connectivity index (χ0) is 15.7. The summed E-state index contributed by atoms with van der Waals surface area (Å²) in [5.74, 6) is -0.574. The maximum Gasteiger partial charge on any atom is 0.332 e. The summed E-state index contributed by atoms with van der Waals surface area (Å²) >= 11 is 6.11. The number of esters is 1. The number of benzene rings is 1. The summed E-state index contributed by atoms with van der Waals surface area (Å²) in [5, 5.41) is 2.65. The van der Waals surface area contributed by atoms with E-state index in [1.54, 1.807) is 24.3 Å². The fraction of sp³-hybridized carbons (Fsp3) is 0.500. The molecule has 5 nitrogen and oxygen atoms in total. The lowest BCUT2D eigenvalue weighted by molar-refractivity contribution is -0.145. The van der Waals surface area contributed by atoms with Crippen molar-refractivity contribution in [2.24, 2.45) is 0 Å². The van der Waals surface area contributed by atoms with Gasteiger partial charge < -0.3 is 10.1 Å². The van der Waals surface area contributed by atoms with Gasteiger partial charge in [-0.25, -0.2) is 13.2 Å². The molecule has 1 aliphatic carbocycles. The fourth-order valence-electron chi connectivity index (χ4n) is 2.97. The molecule has 1 aliphatic rings. The Labute approximate surface area is 129 Å². The minimum atomic E-state index is -3.40. The van der Waals surface area contributed by atoms with Crippen molar-refractivity contribution in [2.45, 2.75) is 30.1 Å². The van der Waals surface area contributed by atoms with Crippen molar-refractivity contribution in [1.29, 1.82) is 0 Å². The maximum atomic E-state index is 12.3. The first-order chi connectivity index (χ1) is 9.81. The molecule has 1 N–H and O–H groups in total. The zero-order valence-electron chi connectivity index (χ0n) is 11.9. The van der Waals surface area contributed by atoms with Gasteiger partial charge >= 0.3 is 5.97 Å².